The van der Waals surface area contributed by atoms with Crippen molar-refractivity contribution in [1.29, 1.82) is 5.26 Å². The lowest BCUT2D eigenvalue weighted by molar-refractivity contribution is 1.06. The van der Waals surface area contributed by atoms with Gasteiger partial charge in [0.1, 0.15) is 6.54 Å². The number of halogens is 1. The summed E-state index contributed by atoms with van der Waals surface area (Å²) in [6.45, 7) is 0.190. The molecule has 0 fully saturated rings. The third-order valence-corrected chi connectivity index (χ3v) is 0.486. The number of nitrogens with zero attached hydrogens (tertiary/aromatic N) is 1. The van der Waals surface area contributed by atoms with E-state index < -0.39 is 0 Å². The van der Waals surface area contributed by atoms with E-state index in [-0.39, 0.29) is 24.1 Å². The highest BCUT2D eigenvalue weighted by Crippen LogP contribution is 1.53. The van der Waals surface area contributed by atoms with Crippen LogP contribution in [0.4, 0.5) is 0 Å². The van der Waals surface area contributed by atoms with Gasteiger partial charge in [-0.3, -0.25) is 0 Å². The van der Waals surface area contributed by atoms with Gasteiger partial charge in [0.15, 0.2) is 5.11 Å². The first-order valence-electron chi connectivity index (χ1n) is 1.67. The van der Waals surface area contributed by atoms with Gasteiger partial charge in [-0.2, -0.15) is 5.26 Å². The Kier molecular flexibility index (Phi) is 8.45. The molecule has 0 amide bonds. The van der Waals surface area contributed by atoms with Crippen LogP contribution in [0.25, 0.3) is 0 Å². The fourth-order valence-electron chi connectivity index (χ4n) is 0.127. The summed E-state index contributed by atoms with van der Waals surface area (Å²) < 4.78 is 0. The van der Waals surface area contributed by atoms with Gasteiger partial charge in [0.25, 0.3) is 0 Å². The zero-order valence-electron chi connectivity index (χ0n) is 4.05. The first-order chi connectivity index (χ1) is 3.27. The number of nitrogens with one attached hydrogen (secondary N) is 1. The van der Waals surface area contributed by atoms with Gasteiger partial charge in [-0.05, 0) is 12.2 Å². The predicted octanol–water partition coefficient (Wildman–Crippen LogP) is -0.235. The Bertz CT molecular complexity index is 108. The zero-order chi connectivity index (χ0) is 5.70. The zero-order valence-corrected chi connectivity index (χ0v) is 5.68. The van der Waals surface area contributed by atoms with E-state index in [9.17, 15) is 0 Å². The molecule has 0 aliphatic carbocycles. The highest BCUT2D eigenvalue weighted by molar-refractivity contribution is 7.80. The second-order valence-corrected chi connectivity index (χ2v) is 1.32. The minimum atomic E-state index is 0. The van der Waals surface area contributed by atoms with Crippen molar-refractivity contribution in [1.82, 2.24) is 5.32 Å². The largest absolute Gasteiger partial charge is 0.376 e. The van der Waals surface area contributed by atoms with Crippen molar-refractivity contribution in [2.45, 2.75) is 0 Å². The molecule has 5 heteroatoms. The quantitative estimate of drug-likeness (QED) is 0.401. The van der Waals surface area contributed by atoms with Gasteiger partial charge in [0, 0.05) is 0 Å². The van der Waals surface area contributed by atoms with Crippen LogP contribution in [0, 0.1) is 11.3 Å². The fraction of sp³-hybridized carbons (Fsp3) is 0.333. The van der Waals surface area contributed by atoms with E-state index >= 15 is 0 Å². The molecule has 0 aromatic heterocycles. The van der Waals surface area contributed by atoms with Crippen molar-refractivity contribution in [2.75, 3.05) is 6.54 Å². The van der Waals surface area contributed by atoms with Gasteiger partial charge in [-0.25, -0.2) is 0 Å². The van der Waals surface area contributed by atoms with Gasteiger partial charge in [-0.15, -0.1) is 12.4 Å². The van der Waals surface area contributed by atoms with Crippen LogP contribution in [-0.2, 0) is 0 Å². The molecule has 0 aromatic rings. The second kappa shape index (κ2) is 6.47. The van der Waals surface area contributed by atoms with Crippen molar-refractivity contribution in [3.8, 4) is 6.07 Å². The molecule has 0 spiro atoms. The topological polar surface area (TPSA) is 61.8 Å². The summed E-state index contributed by atoms with van der Waals surface area (Å²) in [6.07, 6.45) is 0. The van der Waals surface area contributed by atoms with Crippen LogP contribution in [0.3, 0.4) is 0 Å². The predicted molar refractivity (Wildman–Crippen MR) is 37.6 cm³/mol. The van der Waals surface area contributed by atoms with E-state index in [0.717, 1.165) is 0 Å². The molecule has 3 N–H and O–H groups in total. The first kappa shape index (κ1) is 10.5. The van der Waals surface area contributed by atoms with Crippen molar-refractivity contribution in [3.63, 3.8) is 0 Å². The minimum Gasteiger partial charge on any atom is -0.376 e. The fourth-order valence-corrected chi connectivity index (χ4v) is 0.199. The summed E-state index contributed by atoms with van der Waals surface area (Å²) >= 11 is 4.38. The van der Waals surface area contributed by atoms with E-state index in [1.807, 2.05) is 6.07 Å². The standard InChI is InChI=1S/C3H5N3S.ClH/c4-1-2-6-3(5)7;/h2H2,(H3,5,6,7);1H. The summed E-state index contributed by atoms with van der Waals surface area (Å²) in [5.74, 6) is 0. The van der Waals surface area contributed by atoms with E-state index in [1.165, 1.54) is 0 Å². The maximum absolute atomic E-state index is 7.89. The van der Waals surface area contributed by atoms with Crippen LogP contribution in [0.1, 0.15) is 0 Å². The molecule has 3 nitrogen and oxygen atoms in total. The molecule has 0 unspecified atom stereocenters. The summed E-state index contributed by atoms with van der Waals surface area (Å²) in [6, 6.07) is 1.82. The van der Waals surface area contributed by atoms with E-state index in [2.05, 4.69) is 17.5 Å². The average molecular weight is 152 g/mol. The third-order valence-electron chi connectivity index (χ3n) is 0.342. The van der Waals surface area contributed by atoms with Crippen LogP contribution >= 0.6 is 24.6 Å². The Morgan fingerprint density at radius 1 is 1.88 bits per heavy atom. The van der Waals surface area contributed by atoms with E-state index in [0.29, 0.717) is 0 Å². The lowest BCUT2D eigenvalue weighted by Crippen LogP contribution is -2.28. The van der Waals surface area contributed by atoms with Gasteiger partial charge in [0.2, 0.25) is 0 Å². The number of hydrogen-bond acceptors (Lipinski definition) is 2. The van der Waals surface area contributed by atoms with Crippen LogP contribution in [0.5, 0.6) is 0 Å². The van der Waals surface area contributed by atoms with Gasteiger partial charge < -0.3 is 11.1 Å². The molecule has 0 aliphatic rings. The summed E-state index contributed by atoms with van der Waals surface area (Å²) in [4.78, 5) is 0. The molecule has 0 atom stereocenters. The SMILES string of the molecule is Cl.N#CCNC(N)=S. The molecule has 0 aromatic carbocycles. The van der Waals surface area contributed by atoms with Gasteiger partial charge in [-0.1, -0.05) is 0 Å². The molecule has 0 aliphatic heterocycles. The highest BCUT2D eigenvalue weighted by atomic mass is 35.5. The van der Waals surface area contributed by atoms with Crippen LogP contribution < -0.4 is 11.1 Å². The Labute approximate surface area is 59.3 Å². The highest BCUT2D eigenvalue weighted by Gasteiger charge is 1.78. The lowest BCUT2D eigenvalue weighted by Gasteiger charge is -1.91. The van der Waals surface area contributed by atoms with Crippen LogP contribution in [-0.4, -0.2) is 11.7 Å². The van der Waals surface area contributed by atoms with E-state index in [1.54, 1.807) is 0 Å². The second-order valence-electron chi connectivity index (χ2n) is 0.876. The normalized spacial score (nSPS) is 5.88. The lowest BCUT2D eigenvalue weighted by atomic mass is 10.7. The molecule has 0 bridgehead atoms. The molecular formula is C3H6ClN3S. The average Bonchev–Trinajstić information content (AvgIpc) is 1.61. The Hall–Kier alpha value is -0.530. The summed E-state index contributed by atoms with van der Waals surface area (Å²) in [5, 5.41) is 10.5. The van der Waals surface area contributed by atoms with E-state index in [4.69, 9.17) is 11.0 Å². The van der Waals surface area contributed by atoms with Crippen molar-refractivity contribution < 1.29 is 0 Å². The molecule has 0 saturated carbocycles. The maximum Gasteiger partial charge on any atom is 0.164 e. The summed E-state index contributed by atoms with van der Waals surface area (Å²) in [5.41, 5.74) is 4.95. The first-order valence-corrected chi connectivity index (χ1v) is 2.08. The smallest absolute Gasteiger partial charge is 0.164 e. The molecule has 8 heavy (non-hydrogen) atoms. The van der Waals surface area contributed by atoms with Crippen molar-refractivity contribution >= 4 is 29.7 Å². The van der Waals surface area contributed by atoms with Crippen LogP contribution in [0.2, 0.25) is 0 Å². The number of rotatable bonds is 1. The van der Waals surface area contributed by atoms with Gasteiger partial charge in [0.05, 0.1) is 6.07 Å². The number of nitrogens with two attached hydrogens (primary N) is 1. The Balaban J connectivity index is 0. The molecule has 0 radical (unpaired) electrons. The number of nitriles is 1. The van der Waals surface area contributed by atoms with Crippen molar-refractivity contribution in [2.24, 2.45) is 5.73 Å². The Morgan fingerprint density at radius 3 is 2.50 bits per heavy atom. The molecular weight excluding hydrogens is 146 g/mol. The third kappa shape index (κ3) is 9.08. The monoisotopic (exact) mass is 151 g/mol. The minimum absolute atomic E-state index is 0. The number of hydrogen-bond donors (Lipinski definition) is 2. The van der Waals surface area contributed by atoms with Gasteiger partial charge >= 0.3 is 0 Å². The Morgan fingerprint density at radius 2 is 2.38 bits per heavy atom. The van der Waals surface area contributed by atoms with Crippen LogP contribution in [0.15, 0.2) is 0 Å². The molecule has 0 heterocycles. The summed E-state index contributed by atoms with van der Waals surface area (Å²) in [7, 11) is 0. The molecule has 46 valence electrons. The van der Waals surface area contributed by atoms with Crippen molar-refractivity contribution in [3.05, 3.63) is 0 Å². The molecule has 0 rings (SSSR count). The number of thiocarbonyl (C=S) groups is 1. The maximum atomic E-state index is 7.89. The molecule has 0 saturated heterocycles.